The molecule has 4 heteroatoms. The fraction of sp³-hybridized carbons (Fsp3) is 0.375. The quantitative estimate of drug-likeness (QED) is 0.865. The van der Waals surface area contributed by atoms with E-state index >= 15 is 0 Å². The minimum absolute atomic E-state index is 0.0599. The third-order valence-electron chi connectivity index (χ3n) is 3.36. The van der Waals surface area contributed by atoms with Gasteiger partial charge in [0.2, 0.25) is 0 Å². The molecule has 0 spiro atoms. The zero-order valence-electron chi connectivity index (χ0n) is 12.0. The Balaban J connectivity index is 2.41. The topological polar surface area (TPSA) is 25.2 Å². The summed E-state index contributed by atoms with van der Waals surface area (Å²) in [6.07, 6.45) is 0.847. The first-order valence-corrected chi connectivity index (χ1v) is 6.86. The summed E-state index contributed by atoms with van der Waals surface area (Å²) >= 11 is 0. The first kappa shape index (κ1) is 14.7. The lowest BCUT2D eigenvalue weighted by molar-refractivity contribution is 0.414. The predicted octanol–water partition coefficient (Wildman–Crippen LogP) is 4.59. The maximum atomic E-state index is 14.1. The lowest BCUT2D eigenvalue weighted by Gasteiger charge is -2.12. The molecule has 0 bridgehead atoms. The Morgan fingerprint density at radius 1 is 1.15 bits per heavy atom. The van der Waals surface area contributed by atoms with E-state index in [0.29, 0.717) is 11.3 Å². The second kappa shape index (κ2) is 6.18. The van der Waals surface area contributed by atoms with Crippen LogP contribution < -0.4 is 5.32 Å². The molecule has 0 aliphatic rings. The van der Waals surface area contributed by atoms with Gasteiger partial charge in [0.05, 0.1) is 11.6 Å². The second-order valence-electron chi connectivity index (χ2n) is 4.77. The first-order valence-electron chi connectivity index (χ1n) is 6.86. The zero-order valence-corrected chi connectivity index (χ0v) is 12.0. The van der Waals surface area contributed by atoms with E-state index in [1.165, 1.54) is 12.1 Å². The van der Waals surface area contributed by atoms with Gasteiger partial charge in [-0.15, -0.1) is 0 Å². The Labute approximate surface area is 117 Å². The van der Waals surface area contributed by atoms with Crippen molar-refractivity contribution < 1.29 is 13.2 Å². The van der Waals surface area contributed by atoms with Crippen molar-refractivity contribution in [1.82, 2.24) is 5.32 Å². The summed E-state index contributed by atoms with van der Waals surface area (Å²) in [5, 5.41) is 3.27. The van der Waals surface area contributed by atoms with Crippen molar-refractivity contribution in [3.63, 3.8) is 0 Å². The second-order valence-corrected chi connectivity index (χ2v) is 4.77. The molecule has 2 rings (SSSR count). The summed E-state index contributed by atoms with van der Waals surface area (Å²) in [5.41, 5.74) is 0.306. The molecule has 108 valence electrons. The lowest BCUT2D eigenvalue weighted by Crippen LogP contribution is -2.19. The van der Waals surface area contributed by atoms with E-state index in [2.05, 4.69) is 5.32 Å². The number of rotatable bonds is 5. The van der Waals surface area contributed by atoms with E-state index < -0.39 is 11.6 Å². The zero-order chi connectivity index (χ0) is 14.7. The van der Waals surface area contributed by atoms with Gasteiger partial charge in [0.15, 0.2) is 0 Å². The van der Waals surface area contributed by atoms with Crippen molar-refractivity contribution in [1.29, 1.82) is 0 Å². The molecule has 1 N–H and O–H groups in total. The fourth-order valence-electron chi connectivity index (χ4n) is 2.25. The van der Waals surface area contributed by atoms with Gasteiger partial charge in [-0.25, -0.2) is 8.78 Å². The van der Waals surface area contributed by atoms with Crippen LogP contribution >= 0.6 is 0 Å². The molecule has 0 fully saturated rings. The standard InChI is InChI=1S/C16H19F2NO/c1-4-12(19-5-2)13-8-9-14(20-13)15-11(17)7-6-10(3)16(15)18/h6-9,12,19H,4-5H2,1-3H3. The Kier molecular flexibility index (Phi) is 4.55. The number of furan rings is 1. The molecule has 0 aliphatic carbocycles. The van der Waals surface area contributed by atoms with E-state index in [-0.39, 0.29) is 17.4 Å². The van der Waals surface area contributed by atoms with E-state index in [1.54, 1.807) is 19.1 Å². The third-order valence-corrected chi connectivity index (χ3v) is 3.36. The molecule has 0 amide bonds. The molecule has 20 heavy (non-hydrogen) atoms. The first-order chi connectivity index (χ1) is 9.58. The molecule has 0 aliphatic heterocycles. The van der Waals surface area contributed by atoms with Crippen LogP contribution in [-0.2, 0) is 0 Å². The number of halogens is 2. The van der Waals surface area contributed by atoms with Crippen molar-refractivity contribution in [2.45, 2.75) is 33.2 Å². The molecule has 2 aromatic rings. The molecular weight excluding hydrogens is 260 g/mol. The van der Waals surface area contributed by atoms with Crippen LogP contribution in [0.3, 0.4) is 0 Å². The molecule has 0 radical (unpaired) electrons. The van der Waals surface area contributed by atoms with Crippen molar-refractivity contribution in [3.05, 3.63) is 47.2 Å². The molecule has 0 saturated carbocycles. The minimum Gasteiger partial charge on any atom is -0.459 e. The predicted molar refractivity (Wildman–Crippen MR) is 75.5 cm³/mol. The average molecular weight is 279 g/mol. The van der Waals surface area contributed by atoms with Gasteiger partial charge in [0.25, 0.3) is 0 Å². The van der Waals surface area contributed by atoms with E-state index in [9.17, 15) is 8.78 Å². The number of hydrogen-bond acceptors (Lipinski definition) is 2. The summed E-state index contributed by atoms with van der Waals surface area (Å²) in [6, 6.07) is 6.14. The van der Waals surface area contributed by atoms with Crippen molar-refractivity contribution in [2.24, 2.45) is 0 Å². The van der Waals surface area contributed by atoms with Gasteiger partial charge < -0.3 is 9.73 Å². The van der Waals surface area contributed by atoms with Crippen LogP contribution in [0.5, 0.6) is 0 Å². The van der Waals surface area contributed by atoms with Crippen LogP contribution in [0.2, 0.25) is 0 Å². The van der Waals surface area contributed by atoms with Crippen LogP contribution in [0, 0.1) is 18.6 Å². The molecule has 1 atom stereocenters. The average Bonchev–Trinajstić information content (AvgIpc) is 2.90. The van der Waals surface area contributed by atoms with Crippen LogP contribution in [0.25, 0.3) is 11.3 Å². The number of benzene rings is 1. The number of aryl methyl sites for hydroxylation is 1. The molecule has 1 aromatic carbocycles. The Bertz CT molecular complexity index is 592. The van der Waals surface area contributed by atoms with Crippen molar-refractivity contribution >= 4 is 0 Å². The van der Waals surface area contributed by atoms with Crippen LogP contribution in [0.4, 0.5) is 8.78 Å². The maximum Gasteiger partial charge on any atom is 0.140 e. The molecule has 1 aromatic heterocycles. The summed E-state index contributed by atoms with van der Waals surface area (Å²) in [6.45, 7) is 6.45. The van der Waals surface area contributed by atoms with E-state index in [0.717, 1.165) is 13.0 Å². The van der Waals surface area contributed by atoms with Gasteiger partial charge in [-0.05, 0) is 43.7 Å². The third kappa shape index (κ3) is 2.75. The lowest BCUT2D eigenvalue weighted by atomic mass is 10.1. The van der Waals surface area contributed by atoms with Crippen molar-refractivity contribution in [2.75, 3.05) is 6.54 Å². The number of nitrogens with one attached hydrogen (secondary N) is 1. The monoisotopic (exact) mass is 279 g/mol. The summed E-state index contributed by atoms with van der Waals surface area (Å²) in [5.74, 6) is -0.243. The Morgan fingerprint density at radius 2 is 1.90 bits per heavy atom. The van der Waals surface area contributed by atoms with E-state index in [4.69, 9.17) is 4.42 Å². The normalized spacial score (nSPS) is 12.7. The Morgan fingerprint density at radius 3 is 2.55 bits per heavy atom. The molecule has 1 unspecified atom stereocenters. The smallest absolute Gasteiger partial charge is 0.140 e. The maximum absolute atomic E-state index is 14.1. The van der Waals surface area contributed by atoms with Gasteiger partial charge in [0.1, 0.15) is 23.2 Å². The van der Waals surface area contributed by atoms with Gasteiger partial charge in [0, 0.05) is 0 Å². The summed E-state index contributed by atoms with van der Waals surface area (Å²) in [7, 11) is 0. The van der Waals surface area contributed by atoms with Crippen LogP contribution in [0.15, 0.2) is 28.7 Å². The summed E-state index contributed by atoms with van der Waals surface area (Å²) in [4.78, 5) is 0. The highest BCUT2D eigenvalue weighted by molar-refractivity contribution is 5.60. The van der Waals surface area contributed by atoms with Gasteiger partial charge in [-0.2, -0.15) is 0 Å². The minimum atomic E-state index is -0.606. The van der Waals surface area contributed by atoms with Crippen molar-refractivity contribution in [3.8, 4) is 11.3 Å². The SMILES string of the molecule is CCNC(CC)c1ccc(-c2c(F)ccc(C)c2F)o1. The van der Waals surface area contributed by atoms with Gasteiger partial charge >= 0.3 is 0 Å². The van der Waals surface area contributed by atoms with Gasteiger partial charge in [-0.1, -0.05) is 19.9 Å². The highest BCUT2D eigenvalue weighted by atomic mass is 19.1. The molecular formula is C16H19F2NO. The van der Waals surface area contributed by atoms with E-state index in [1.807, 2.05) is 13.8 Å². The molecule has 0 saturated heterocycles. The molecule has 1 heterocycles. The van der Waals surface area contributed by atoms with Gasteiger partial charge in [-0.3, -0.25) is 0 Å². The Hall–Kier alpha value is -1.68. The highest BCUT2D eigenvalue weighted by Gasteiger charge is 2.19. The largest absolute Gasteiger partial charge is 0.459 e. The van der Waals surface area contributed by atoms with Crippen LogP contribution in [0.1, 0.15) is 37.6 Å². The molecule has 2 nitrogen and oxygen atoms in total. The number of hydrogen-bond donors (Lipinski definition) is 1. The summed E-state index contributed by atoms with van der Waals surface area (Å²) < 4.78 is 33.6. The highest BCUT2D eigenvalue weighted by Crippen LogP contribution is 2.31. The fourth-order valence-corrected chi connectivity index (χ4v) is 2.25. The van der Waals surface area contributed by atoms with Crippen LogP contribution in [-0.4, -0.2) is 6.54 Å².